The Labute approximate surface area is 163 Å². The molecule has 0 amide bonds. The Morgan fingerprint density at radius 1 is 1.18 bits per heavy atom. The molecule has 0 N–H and O–H groups in total. The summed E-state index contributed by atoms with van der Waals surface area (Å²) < 4.78 is 39.9. The van der Waals surface area contributed by atoms with Crippen LogP contribution < -0.4 is 4.90 Å². The molecule has 5 heterocycles. The SMILES string of the molecule is Cn1ccc(CN2CC3(C2)CN(c2ncnc4sc(CC(F)(F)F)cc24)C3)n1. The van der Waals surface area contributed by atoms with Crippen molar-refractivity contribution in [2.75, 3.05) is 31.1 Å². The molecule has 0 atom stereocenters. The normalized spacial score (nSPS) is 19.2. The van der Waals surface area contributed by atoms with Crippen molar-refractivity contribution in [3.63, 3.8) is 0 Å². The molecule has 0 unspecified atom stereocenters. The molecule has 3 aromatic heterocycles. The lowest BCUT2D eigenvalue weighted by molar-refractivity contribution is -0.126. The van der Waals surface area contributed by atoms with E-state index in [1.54, 1.807) is 6.07 Å². The fourth-order valence-electron chi connectivity index (χ4n) is 4.33. The van der Waals surface area contributed by atoms with Crippen LogP contribution in [0.15, 0.2) is 24.7 Å². The third-order valence-corrected chi connectivity index (χ3v) is 6.40. The number of nitrogens with zero attached hydrogens (tertiary/aromatic N) is 6. The maximum atomic E-state index is 12.7. The van der Waals surface area contributed by atoms with Gasteiger partial charge in [0.25, 0.3) is 0 Å². The van der Waals surface area contributed by atoms with E-state index in [9.17, 15) is 13.2 Å². The number of hydrogen-bond donors (Lipinski definition) is 0. The molecule has 0 aliphatic carbocycles. The van der Waals surface area contributed by atoms with Gasteiger partial charge in [0.15, 0.2) is 0 Å². The van der Waals surface area contributed by atoms with Gasteiger partial charge >= 0.3 is 6.18 Å². The zero-order valence-electron chi connectivity index (χ0n) is 15.3. The first kappa shape index (κ1) is 17.9. The topological polar surface area (TPSA) is 50.1 Å². The van der Waals surface area contributed by atoms with Gasteiger partial charge in [-0.15, -0.1) is 11.3 Å². The van der Waals surface area contributed by atoms with E-state index in [0.29, 0.717) is 4.83 Å². The van der Waals surface area contributed by atoms with Gasteiger partial charge in [-0.3, -0.25) is 9.58 Å². The van der Waals surface area contributed by atoms with Gasteiger partial charge in [-0.25, -0.2) is 9.97 Å². The summed E-state index contributed by atoms with van der Waals surface area (Å²) in [5.41, 5.74) is 1.33. The summed E-state index contributed by atoms with van der Waals surface area (Å²) in [6, 6.07) is 3.63. The van der Waals surface area contributed by atoms with Crippen molar-refractivity contribution in [2.24, 2.45) is 12.5 Å². The Morgan fingerprint density at radius 2 is 1.96 bits per heavy atom. The highest BCUT2D eigenvalue weighted by Crippen LogP contribution is 2.44. The summed E-state index contributed by atoms with van der Waals surface area (Å²) in [6.45, 7) is 4.63. The third kappa shape index (κ3) is 3.24. The molecule has 0 aromatic carbocycles. The second-order valence-corrected chi connectivity index (χ2v) is 9.02. The molecule has 3 aromatic rings. The van der Waals surface area contributed by atoms with Crippen LogP contribution in [0.1, 0.15) is 10.6 Å². The van der Waals surface area contributed by atoms with E-state index in [1.165, 1.54) is 6.33 Å². The van der Waals surface area contributed by atoms with Crippen LogP contribution in [0, 0.1) is 5.41 Å². The van der Waals surface area contributed by atoms with Crippen LogP contribution >= 0.6 is 11.3 Å². The molecule has 148 valence electrons. The predicted octanol–water partition coefficient (Wildman–Crippen LogP) is 2.85. The lowest BCUT2D eigenvalue weighted by Gasteiger charge is -2.60. The molecule has 2 saturated heterocycles. The Kier molecular flexibility index (Phi) is 3.92. The van der Waals surface area contributed by atoms with E-state index in [2.05, 4.69) is 24.9 Å². The summed E-state index contributed by atoms with van der Waals surface area (Å²) in [7, 11) is 1.91. The van der Waals surface area contributed by atoms with E-state index in [-0.39, 0.29) is 10.3 Å². The number of rotatable bonds is 4. The van der Waals surface area contributed by atoms with E-state index < -0.39 is 12.6 Å². The van der Waals surface area contributed by atoms with Gasteiger partial charge in [0, 0.05) is 56.3 Å². The molecule has 1 spiro atoms. The third-order valence-electron chi connectivity index (χ3n) is 5.36. The monoisotopic (exact) mass is 408 g/mol. The number of fused-ring (bicyclic) bond motifs is 1. The number of likely N-dealkylation sites (tertiary alicyclic amines) is 1. The predicted molar refractivity (Wildman–Crippen MR) is 100 cm³/mol. The van der Waals surface area contributed by atoms with E-state index in [0.717, 1.165) is 61.0 Å². The Bertz CT molecular complexity index is 1010. The smallest absolute Gasteiger partial charge is 0.355 e. The van der Waals surface area contributed by atoms with E-state index >= 15 is 0 Å². The minimum absolute atomic E-state index is 0.261. The van der Waals surface area contributed by atoms with Gasteiger partial charge in [0.2, 0.25) is 0 Å². The molecule has 28 heavy (non-hydrogen) atoms. The zero-order chi connectivity index (χ0) is 19.5. The Morgan fingerprint density at radius 3 is 2.64 bits per heavy atom. The molecule has 5 rings (SSSR count). The van der Waals surface area contributed by atoms with Crippen LogP contribution in [0.25, 0.3) is 10.2 Å². The van der Waals surface area contributed by atoms with E-state index in [1.807, 2.05) is 24.0 Å². The molecule has 6 nitrogen and oxygen atoms in total. The van der Waals surface area contributed by atoms with Gasteiger partial charge < -0.3 is 4.90 Å². The van der Waals surface area contributed by atoms with Crippen molar-refractivity contribution in [1.29, 1.82) is 0 Å². The number of anilines is 1. The van der Waals surface area contributed by atoms with Gasteiger partial charge in [-0.1, -0.05) is 0 Å². The molecular weight excluding hydrogens is 389 g/mol. The van der Waals surface area contributed by atoms with Crippen molar-refractivity contribution < 1.29 is 13.2 Å². The fourth-order valence-corrected chi connectivity index (χ4v) is 5.35. The van der Waals surface area contributed by atoms with Crippen molar-refractivity contribution in [2.45, 2.75) is 19.1 Å². The lowest BCUT2D eigenvalue weighted by atomic mass is 9.72. The second-order valence-electron chi connectivity index (χ2n) is 7.90. The first-order valence-corrected chi connectivity index (χ1v) is 9.86. The summed E-state index contributed by atoms with van der Waals surface area (Å²) in [5.74, 6) is 0.753. The van der Waals surface area contributed by atoms with Crippen LogP contribution in [-0.4, -0.2) is 57.0 Å². The van der Waals surface area contributed by atoms with Crippen molar-refractivity contribution in [3.05, 3.63) is 35.2 Å². The minimum atomic E-state index is -4.21. The minimum Gasteiger partial charge on any atom is -0.355 e. The highest BCUT2D eigenvalue weighted by molar-refractivity contribution is 7.18. The van der Waals surface area contributed by atoms with Gasteiger partial charge in [-0.05, 0) is 12.1 Å². The standard InChI is InChI=1S/C18H19F3N6S/c1-25-3-2-12(24-25)6-26-7-17(8-26)9-27(10-17)15-14-4-13(5-18(19,20)21)28-16(14)23-11-22-15/h2-4,11H,5-10H2,1H3. The quantitative estimate of drug-likeness (QED) is 0.665. The molecule has 0 saturated carbocycles. The summed E-state index contributed by atoms with van der Waals surface area (Å²) in [4.78, 5) is 14.0. The molecule has 10 heteroatoms. The van der Waals surface area contributed by atoms with Gasteiger partial charge in [0.05, 0.1) is 17.5 Å². The molecule has 0 radical (unpaired) electrons. The Hall–Kier alpha value is -2.20. The average Bonchev–Trinajstić information content (AvgIpc) is 3.11. The van der Waals surface area contributed by atoms with Crippen LogP contribution in [0.4, 0.5) is 19.0 Å². The highest BCUT2D eigenvalue weighted by atomic mass is 32.1. The number of hydrogen-bond acceptors (Lipinski definition) is 6. The maximum Gasteiger partial charge on any atom is 0.393 e. The van der Waals surface area contributed by atoms with E-state index in [4.69, 9.17) is 0 Å². The van der Waals surface area contributed by atoms with Crippen LogP contribution in [-0.2, 0) is 20.0 Å². The maximum absolute atomic E-state index is 12.7. The summed E-state index contributed by atoms with van der Waals surface area (Å²) in [6.07, 6.45) is -1.73. The number of aryl methyl sites for hydroxylation is 1. The second kappa shape index (κ2) is 6.15. The highest BCUT2D eigenvalue weighted by Gasteiger charge is 2.52. The van der Waals surface area contributed by atoms with Crippen LogP contribution in [0.3, 0.4) is 0 Å². The molecular formula is C18H19F3N6S. The summed E-state index contributed by atoms with van der Waals surface area (Å²) in [5, 5.41) is 5.15. The van der Waals surface area contributed by atoms with Gasteiger partial charge in [-0.2, -0.15) is 18.3 Å². The largest absolute Gasteiger partial charge is 0.393 e. The number of aromatic nitrogens is 4. The first-order chi connectivity index (χ1) is 13.3. The molecule has 2 fully saturated rings. The number of thiophene rings is 1. The summed E-state index contributed by atoms with van der Waals surface area (Å²) >= 11 is 1.10. The van der Waals surface area contributed by atoms with Crippen molar-refractivity contribution in [3.8, 4) is 0 Å². The van der Waals surface area contributed by atoms with Crippen molar-refractivity contribution >= 4 is 27.4 Å². The van der Waals surface area contributed by atoms with Gasteiger partial charge in [0.1, 0.15) is 17.0 Å². The fraction of sp³-hybridized carbons (Fsp3) is 0.500. The zero-order valence-corrected chi connectivity index (χ0v) is 16.1. The molecule has 0 bridgehead atoms. The molecule has 2 aliphatic rings. The van der Waals surface area contributed by atoms with Crippen LogP contribution in [0.5, 0.6) is 0 Å². The number of halogens is 3. The van der Waals surface area contributed by atoms with Crippen LogP contribution in [0.2, 0.25) is 0 Å². The van der Waals surface area contributed by atoms with Crippen molar-refractivity contribution in [1.82, 2.24) is 24.6 Å². The Balaban J connectivity index is 1.25. The average molecular weight is 408 g/mol. The number of alkyl halides is 3. The first-order valence-electron chi connectivity index (χ1n) is 9.05. The lowest BCUT2D eigenvalue weighted by Crippen LogP contribution is -2.72. The molecule has 2 aliphatic heterocycles.